The molecule has 0 N–H and O–H groups in total. The number of anilines is 2. The number of hydrogen-bond donors (Lipinski definition) is 0. The third-order valence-corrected chi connectivity index (χ3v) is 6.06. The van der Waals surface area contributed by atoms with Crippen molar-refractivity contribution in [2.24, 2.45) is 0 Å². The number of carbonyl (C=O) groups is 2. The lowest BCUT2D eigenvalue weighted by Gasteiger charge is -2.20. The Hall–Kier alpha value is -3.00. The molecule has 30 heavy (non-hydrogen) atoms. The van der Waals surface area contributed by atoms with Crippen LogP contribution in [0.2, 0.25) is 0 Å². The summed E-state index contributed by atoms with van der Waals surface area (Å²) in [5.74, 6) is 0.209. The summed E-state index contributed by atoms with van der Waals surface area (Å²) >= 11 is 1.37. The van der Waals surface area contributed by atoms with E-state index >= 15 is 0 Å². The van der Waals surface area contributed by atoms with Gasteiger partial charge in [-0.1, -0.05) is 18.2 Å². The standard InChI is InChI=1S/C22H24N4O3S/c1-3-26(15(2)27)22-23-17(14-30-22)13-29-21(28)18-12-16-8-4-5-9-19(16)24-20(18)25-10-6-7-11-25/h4-5,8-9,12,14H,3,6-7,10-11,13H2,1-2H3. The highest BCUT2D eigenvalue weighted by Gasteiger charge is 2.23. The monoisotopic (exact) mass is 424 g/mol. The minimum atomic E-state index is -0.413. The van der Waals surface area contributed by atoms with Gasteiger partial charge in [-0.25, -0.2) is 14.8 Å². The molecule has 7 nitrogen and oxygen atoms in total. The van der Waals surface area contributed by atoms with Crippen LogP contribution in [0, 0.1) is 0 Å². The molecule has 1 aromatic carbocycles. The molecule has 0 saturated carbocycles. The number of thiazole rings is 1. The molecule has 1 saturated heterocycles. The number of benzene rings is 1. The van der Waals surface area contributed by atoms with E-state index in [1.807, 2.05) is 42.6 Å². The Morgan fingerprint density at radius 3 is 2.70 bits per heavy atom. The van der Waals surface area contributed by atoms with Crippen LogP contribution in [-0.2, 0) is 16.1 Å². The number of hydrogen-bond acceptors (Lipinski definition) is 7. The first-order valence-corrected chi connectivity index (χ1v) is 11.0. The minimum absolute atomic E-state index is 0.0526. The Morgan fingerprint density at radius 2 is 1.97 bits per heavy atom. The van der Waals surface area contributed by atoms with Crippen molar-refractivity contribution in [2.45, 2.75) is 33.3 Å². The van der Waals surface area contributed by atoms with Crippen molar-refractivity contribution in [1.29, 1.82) is 0 Å². The predicted molar refractivity (Wildman–Crippen MR) is 118 cm³/mol. The lowest BCUT2D eigenvalue weighted by Crippen LogP contribution is -2.27. The fourth-order valence-electron chi connectivity index (χ4n) is 3.62. The fraction of sp³-hybridized carbons (Fsp3) is 0.364. The summed E-state index contributed by atoms with van der Waals surface area (Å²) in [6.07, 6.45) is 2.18. The van der Waals surface area contributed by atoms with E-state index in [1.165, 1.54) is 18.3 Å². The average molecular weight is 425 g/mol. The van der Waals surface area contributed by atoms with Crippen LogP contribution in [0.1, 0.15) is 42.7 Å². The normalized spacial score (nSPS) is 13.6. The van der Waals surface area contributed by atoms with Crippen LogP contribution in [0.5, 0.6) is 0 Å². The minimum Gasteiger partial charge on any atom is -0.455 e. The third kappa shape index (κ3) is 4.14. The van der Waals surface area contributed by atoms with Crippen LogP contribution in [0.15, 0.2) is 35.7 Å². The number of fused-ring (bicyclic) bond motifs is 1. The van der Waals surface area contributed by atoms with Gasteiger partial charge >= 0.3 is 5.97 Å². The molecule has 0 bridgehead atoms. The number of amides is 1. The van der Waals surface area contributed by atoms with Gasteiger partial charge in [0.2, 0.25) is 5.91 Å². The molecular formula is C22H24N4O3S. The molecule has 0 spiro atoms. The van der Waals surface area contributed by atoms with E-state index in [1.54, 1.807) is 4.90 Å². The molecule has 3 heterocycles. The Morgan fingerprint density at radius 1 is 1.20 bits per heavy atom. The molecule has 0 aliphatic carbocycles. The molecule has 4 rings (SSSR count). The van der Waals surface area contributed by atoms with Gasteiger partial charge in [-0.3, -0.25) is 9.69 Å². The lowest BCUT2D eigenvalue weighted by atomic mass is 10.1. The molecule has 1 amide bonds. The van der Waals surface area contributed by atoms with E-state index in [4.69, 9.17) is 9.72 Å². The molecular weight excluding hydrogens is 400 g/mol. The summed E-state index contributed by atoms with van der Waals surface area (Å²) in [5, 5.41) is 3.33. The first-order chi connectivity index (χ1) is 14.6. The van der Waals surface area contributed by atoms with Crippen molar-refractivity contribution in [1.82, 2.24) is 9.97 Å². The SMILES string of the molecule is CCN(C(C)=O)c1nc(COC(=O)c2cc3ccccc3nc2N2CCCC2)cs1. The van der Waals surface area contributed by atoms with Crippen molar-refractivity contribution in [3.8, 4) is 0 Å². The number of para-hydroxylation sites is 1. The zero-order chi connectivity index (χ0) is 21.1. The van der Waals surface area contributed by atoms with Crippen LogP contribution in [0.25, 0.3) is 10.9 Å². The van der Waals surface area contributed by atoms with Crippen molar-refractivity contribution in [3.05, 3.63) is 47.0 Å². The highest BCUT2D eigenvalue weighted by atomic mass is 32.1. The number of esters is 1. The van der Waals surface area contributed by atoms with Gasteiger partial charge in [0.05, 0.1) is 11.2 Å². The molecule has 156 valence electrons. The zero-order valence-electron chi connectivity index (χ0n) is 17.1. The number of aromatic nitrogens is 2. The van der Waals surface area contributed by atoms with Crippen LogP contribution in [-0.4, -0.2) is 41.5 Å². The highest BCUT2D eigenvalue weighted by molar-refractivity contribution is 7.14. The Labute approximate surface area is 179 Å². The quantitative estimate of drug-likeness (QED) is 0.557. The van der Waals surface area contributed by atoms with Crippen LogP contribution in [0.3, 0.4) is 0 Å². The number of rotatable bonds is 6. The molecule has 0 atom stereocenters. The topological polar surface area (TPSA) is 75.6 Å². The van der Waals surface area contributed by atoms with Crippen LogP contribution >= 0.6 is 11.3 Å². The summed E-state index contributed by atoms with van der Waals surface area (Å²) < 4.78 is 5.59. The van der Waals surface area contributed by atoms with Gasteiger partial charge in [0.1, 0.15) is 18.0 Å². The van der Waals surface area contributed by atoms with E-state index in [2.05, 4.69) is 9.88 Å². The average Bonchev–Trinajstić information content (AvgIpc) is 3.44. The van der Waals surface area contributed by atoms with E-state index < -0.39 is 5.97 Å². The molecule has 0 unspecified atom stereocenters. The smallest absolute Gasteiger partial charge is 0.342 e. The van der Waals surface area contributed by atoms with E-state index in [9.17, 15) is 9.59 Å². The zero-order valence-corrected chi connectivity index (χ0v) is 17.9. The summed E-state index contributed by atoms with van der Waals surface area (Å²) in [7, 11) is 0. The maximum Gasteiger partial charge on any atom is 0.342 e. The summed E-state index contributed by atoms with van der Waals surface area (Å²) in [6.45, 7) is 5.78. The van der Waals surface area contributed by atoms with E-state index in [0.717, 1.165) is 36.8 Å². The molecule has 0 radical (unpaired) electrons. The van der Waals surface area contributed by atoms with Gasteiger partial charge in [-0.15, -0.1) is 11.3 Å². The fourth-order valence-corrected chi connectivity index (χ4v) is 4.54. The van der Waals surface area contributed by atoms with Crippen molar-refractivity contribution in [2.75, 3.05) is 29.4 Å². The Balaban J connectivity index is 1.55. The first-order valence-electron chi connectivity index (χ1n) is 10.1. The molecule has 8 heteroatoms. The summed E-state index contributed by atoms with van der Waals surface area (Å²) in [6, 6.07) is 9.64. The van der Waals surface area contributed by atoms with Gasteiger partial charge in [-0.2, -0.15) is 0 Å². The highest BCUT2D eigenvalue weighted by Crippen LogP contribution is 2.28. The van der Waals surface area contributed by atoms with Crippen LogP contribution in [0.4, 0.5) is 10.9 Å². The Kier molecular flexibility index (Phi) is 5.94. The lowest BCUT2D eigenvalue weighted by molar-refractivity contribution is -0.116. The maximum atomic E-state index is 13.0. The number of ether oxygens (including phenoxy) is 1. The summed E-state index contributed by atoms with van der Waals surface area (Å²) in [4.78, 5) is 37.6. The first kappa shape index (κ1) is 20.3. The Bertz CT molecular complexity index is 1080. The van der Waals surface area contributed by atoms with Gasteiger partial charge in [0, 0.05) is 37.3 Å². The van der Waals surface area contributed by atoms with Crippen molar-refractivity contribution in [3.63, 3.8) is 0 Å². The van der Waals surface area contributed by atoms with Gasteiger partial charge in [0.15, 0.2) is 5.13 Å². The second kappa shape index (κ2) is 8.79. The second-order valence-electron chi connectivity index (χ2n) is 7.21. The number of nitrogens with zero attached hydrogens (tertiary/aromatic N) is 4. The van der Waals surface area contributed by atoms with Crippen LogP contribution < -0.4 is 9.80 Å². The summed E-state index contributed by atoms with van der Waals surface area (Å²) in [5.41, 5.74) is 1.97. The molecule has 3 aromatic rings. The largest absolute Gasteiger partial charge is 0.455 e. The second-order valence-corrected chi connectivity index (χ2v) is 8.04. The molecule has 1 aliphatic rings. The number of carbonyl (C=O) groups excluding carboxylic acids is 2. The van der Waals surface area contributed by atoms with Gasteiger partial charge in [-0.05, 0) is 31.9 Å². The molecule has 1 fully saturated rings. The predicted octanol–water partition coefficient (Wildman–Crippen LogP) is 4.02. The third-order valence-electron chi connectivity index (χ3n) is 5.15. The van der Waals surface area contributed by atoms with E-state index in [-0.39, 0.29) is 12.5 Å². The number of pyridine rings is 1. The van der Waals surface area contributed by atoms with Crippen molar-refractivity contribution < 1.29 is 14.3 Å². The molecule has 2 aromatic heterocycles. The van der Waals surface area contributed by atoms with Crippen molar-refractivity contribution >= 4 is 45.1 Å². The van der Waals surface area contributed by atoms with Gasteiger partial charge in [0.25, 0.3) is 0 Å². The van der Waals surface area contributed by atoms with Gasteiger partial charge < -0.3 is 9.64 Å². The maximum absolute atomic E-state index is 13.0. The van der Waals surface area contributed by atoms with E-state index in [0.29, 0.717) is 28.8 Å². The molecule has 1 aliphatic heterocycles.